The van der Waals surface area contributed by atoms with E-state index in [1.807, 2.05) is 24.3 Å². The predicted molar refractivity (Wildman–Crippen MR) is 108 cm³/mol. The molecule has 1 fully saturated rings. The number of anilines is 2. The van der Waals surface area contributed by atoms with E-state index in [0.29, 0.717) is 13.0 Å². The van der Waals surface area contributed by atoms with Crippen molar-refractivity contribution in [2.75, 3.05) is 43.1 Å². The van der Waals surface area contributed by atoms with Gasteiger partial charge < -0.3 is 20.3 Å². The molecule has 3 rings (SSSR count). The number of non-ortho nitro benzene ring substituents is 1. The Hall–Kier alpha value is -3.46. The van der Waals surface area contributed by atoms with Crippen LogP contribution in [0, 0.1) is 10.1 Å². The summed E-state index contributed by atoms with van der Waals surface area (Å²) >= 11 is 0. The van der Waals surface area contributed by atoms with Crippen molar-refractivity contribution in [3.05, 3.63) is 64.2 Å². The van der Waals surface area contributed by atoms with Gasteiger partial charge in [-0.2, -0.15) is 0 Å². The minimum Gasteiger partial charge on any atom is -0.378 e. The number of ether oxygens (including phenoxy) is 1. The van der Waals surface area contributed by atoms with Crippen molar-refractivity contribution in [2.45, 2.75) is 6.42 Å². The molecule has 0 aliphatic carbocycles. The van der Waals surface area contributed by atoms with Crippen LogP contribution in [0.3, 0.4) is 0 Å². The van der Waals surface area contributed by atoms with Gasteiger partial charge >= 0.3 is 11.8 Å². The topological polar surface area (TPSA) is 114 Å². The Morgan fingerprint density at radius 3 is 2.48 bits per heavy atom. The summed E-state index contributed by atoms with van der Waals surface area (Å²) in [5.41, 5.74) is 2.21. The van der Waals surface area contributed by atoms with E-state index in [9.17, 15) is 19.7 Å². The van der Waals surface area contributed by atoms with Gasteiger partial charge in [0.15, 0.2) is 0 Å². The molecule has 0 aromatic heterocycles. The Bertz CT molecular complexity index is 879. The van der Waals surface area contributed by atoms with Gasteiger partial charge in [0.1, 0.15) is 0 Å². The number of nitro benzene ring substituents is 1. The van der Waals surface area contributed by atoms with E-state index in [0.717, 1.165) is 37.6 Å². The highest BCUT2D eigenvalue weighted by Gasteiger charge is 2.15. The molecular weight excluding hydrogens is 376 g/mol. The summed E-state index contributed by atoms with van der Waals surface area (Å²) in [6.45, 7) is 3.50. The van der Waals surface area contributed by atoms with Gasteiger partial charge in [0.25, 0.3) is 5.69 Å². The van der Waals surface area contributed by atoms with E-state index in [1.54, 1.807) is 0 Å². The van der Waals surface area contributed by atoms with E-state index in [1.165, 1.54) is 24.3 Å². The molecule has 152 valence electrons. The lowest BCUT2D eigenvalue weighted by molar-refractivity contribution is -0.384. The van der Waals surface area contributed by atoms with Gasteiger partial charge in [0.05, 0.1) is 18.1 Å². The highest BCUT2D eigenvalue weighted by atomic mass is 16.6. The molecule has 0 radical (unpaired) electrons. The maximum atomic E-state index is 11.9. The van der Waals surface area contributed by atoms with Crippen LogP contribution in [0.1, 0.15) is 5.56 Å². The Kier molecular flexibility index (Phi) is 6.75. The van der Waals surface area contributed by atoms with Crippen molar-refractivity contribution in [2.24, 2.45) is 0 Å². The summed E-state index contributed by atoms with van der Waals surface area (Å²) in [5.74, 6) is -1.66. The third-order valence-corrected chi connectivity index (χ3v) is 4.53. The Balaban J connectivity index is 1.44. The van der Waals surface area contributed by atoms with Gasteiger partial charge in [-0.15, -0.1) is 0 Å². The minimum atomic E-state index is -0.867. The first-order chi connectivity index (χ1) is 14.0. The van der Waals surface area contributed by atoms with E-state index in [4.69, 9.17) is 4.74 Å². The molecule has 1 heterocycles. The van der Waals surface area contributed by atoms with Crippen molar-refractivity contribution >= 4 is 28.9 Å². The maximum Gasteiger partial charge on any atom is 0.313 e. The van der Waals surface area contributed by atoms with Crippen LogP contribution in [0.4, 0.5) is 17.1 Å². The molecule has 0 atom stereocenters. The molecule has 2 aromatic carbocycles. The normalized spacial score (nSPS) is 13.6. The maximum absolute atomic E-state index is 11.9. The molecule has 0 bridgehead atoms. The summed E-state index contributed by atoms with van der Waals surface area (Å²) in [6.07, 6.45) is 0.583. The van der Waals surface area contributed by atoms with E-state index >= 15 is 0 Å². The first-order valence-corrected chi connectivity index (χ1v) is 9.28. The number of hydrogen-bond acceptors (Lipinski definition) is 6. The van der Waals surface area contributed by atoms with Gasteiger partial charge in [0, 0.05) is 43.1 Å². The predicted octanol–water partition coefficient (Wildman–Crippen LogP) is 1.73. The molecule has 2 amide bonds. The molecule has 1 aliphatic heterocycles. The first kappa shape index (κ1) is 20.3. The first-order valence-electron chi connectivity index (χ1n) is 9.28. The number of nitrogens with one attached hydrogen (secondary N) is 2. The SMILES string of the molecule is O=C(NCCc1ccc(N2CCOCC2)cc1)C(=O)Nc1cccc([N+](=O)[O-])c1. The number of carbonyl (C=O) groups is 2. The van der Waals surface area contributed by atoms with Crippen LogP contribution in [-0.2, 0) is 20.7 Å². The number of nitro groups is 1. The van der Waals surface area contributed by atoms with E-state index < -0.39 is 16.7 Å². The lowest BCUT2D eigenvalue weighted by atomic mass is 10.1. The fraction of sp³-hybridized carbons (Fsp3) is 0.300. The molecule has 29 heavy (non-hydrogen) atoms. The summed E-state index contributed by atoms with van der Waals surface area (Å²) in [6, 6.07) is 13.5. The Morgan fingerprint density at radius 1 is 1.07 bits per heavy atom. The second-order valence-electron chi connectivity index (χ2n) is 6.53. The number of morpholine rings is 1. The fourth-order valence-electron chi connectivity index (χ4n) is 2.98. The van der Waals surface area contributed by atoms with Gasteiger partial charge in [-0.3, -0.25) is 19.7 Å². The molecule has 2 N–H and O–H groups in total. The Labute approximate surface area is 167 Å². The molecule has 1 aliphatic rings. The lowest BCUT2D eigenvalue weighted by Gasteiger charge is -2.28. The van der Waals surface area contributed by atoms with Crippen LogP contribution in [-0.4, -0.2) is 49.6 Å². The summed E-state index contributed by atoms with van der Waals surface area (Å²) in [7, 11) is 0. The number of benzene rings is 2. The van der Waals surface area contributed by atoms with E-state index in [-0.39, 0.29) is 11.4 Å². The number of carbonyl (C=O) groups excluding carboxylic acids is 2. The van der Waals surface area contributed by atoms with Gasteiger partial charge in [0.2, 0.25) is 0 Å². The third kappa shape index (κ3) is 5.76. The molecule has 0 spiro atoms. The molecule has 0 unspecified atom stereocenters. The standard InChI is InChI=1S/C20H22N4O5/c25-19(20(26)22-16-2-1-3-18(14-16)24(27)28)21-9-8-15-4-6-17(7-5-15)23-10-12-29-13-11-23/h1-7,14H,8-13H2,(H,21,25)(H,22,26). The summed E-state index contributed by atoms with van der Waals surface area (Å²) < 4.78 is 5.35. The van der Waals surface area contributed by atoms with Gasteiger partial charge in [-0.25, -0.2) is 0 Å². The largest absolute Gasteiger partial charge is 0.378 e. The molecule has 9 nitrogen and oxygen atoms in total. The van der Waals surface area contributed by atoms with Crippen molar-refractivity contribution in [1.29, 1.82) is 0 Å². The highest BCUT2D eigenvalue weighted by molar-refractivity contribution is 6.39. The van der Waals surface area contributed by atoms with Crippen LogP contribution < -0.4 is 15.5 Å². The highest BCUT2D eigenvalue weighted by Crippen LogP contribution is 2.18. The van der Waals surface area contributed by atoms with Crippen LogP contribution in [0.25, 0.3) is 0 Å². The zero-order valence-corrected chi connectivity index (χ0v) is 15.8. The number of amides is 2. The van der Waals surface area contributed by atoms with E-state index in [2.05, 4.69) is 15.5 Å². The lowest BCUT2D eigenvalue weighted by Crippen LogP contribution is -2.36. The molecule has 9 heteroatoms. The third-order valence-electron chi connectivity index (χ3n) is 4.53. The van der Waals surface area contributed by atoms with Crippen molar-refractivity contribution in [3.63, 3.8) is 0 Å². The van der Waals surface area contributed by atoms with Gasteiger partial charge in [-0.05, 0) is 30.2 Å². The zero-order chi connectivity index (χ0) is 20.6. The summed E-state index contributed by atoms with van der Waals surface area (Å²) in [5, 5.41) is 15.7. The smallest absolute Gasteiger partial charge is 0.313 e. The zero-order valence-electron chi connectivity index (χ0n) is 15.8. The van der Waals surface area contributed by atoms with Crippen LogP contribution >= 0.6 is 0 Å². The molecule has 0 saturated carbocycles. The fourth-order valence-corrected chi connectivity index (χ4v) is 2.98. The van der Waals surface area contributed by atoms with Crippen LogP contribution in [0.2, 0.25) is 0 Å². The number of rotatable bonds is 6. The molecule has 1 saturated heterocycles. The van der Waals surface area contributed by atoms with Crippen molar-refractivity contribution < 1.29 is 19.2 Å². The van der Waals surface area contributed by atoms with Crippen LogP contribution in [0.15, 0.2) is 48.5 Å². The average Bonchev–Trinajstić information content (AvgIpc) is 2.75. The van der Waals surface area contributed by atoms with Gasteiger partial charge in [-0.1, -0.05) is 18.2 Å². The van der Waals surface area contributed by atoms with Crippen molar-refractivity contribution in [3.8, 4) is 0 Å². The quantitative estimate of drug-likeness (QED) is 0.435. The second-order valence-corrected chi connectivity index (χ2v) is 6.53. The molecule has 2 aromatic rings. The van der Waals surface area contributed by atoms with Crippen LogP contribution in [0.5, 0.6) is 0 Å². The number of nitrogens with zero attached hydrogens (tertiary/aromatic N) is 2. The minimum absolute atomic E-state index is 0.163. The monoisotopic (exact) mass is 398 g/mol. The number of hydrogen-bond donors (Lipinski definition) is 2. The average molecular weight is 398 g/mol. The Morgan fingerprint density at radius 2 is 1.79 bits per heavy atom. The second kappa shape index (κ2) is 9.65. The van der Waals surface area contributed by atoms with Crippen molar-refractivity contribution in [1.82, 2.24) is 5.32 Å². The molecular formula is C20H22N4O5. The summed E-state index contributed by atoms with van der Waals surface area (Å²) in [4.78, 5) is 36.3.